The summed E-state index contributed by atoms with van der Waals surface area (Å²) in [7, 11) is 0. The smallest absolute Gasteiger partial charge is 0.194 e. The van der Waals surface area contributed by atoms with Crippen molar-refractivity contribution in [1.82, 2.24) is 10.2 Å². The van der Waals surface area contributed by atoms with Crippen LogP contribution in [0.25, 0.3) is 0 Å². The molecule has 1 aromatic carbocycles. The third-order valence-corrected chi connectivity index (χ3v) is 4.10. The van der Waals surface area contributed by atoms with Crippen molar-refractivity contribution >= 4 is 35.6 Å². The molecule has 0 aromatic heterocycles. The topological polar surface area (TPSA) is 51.1 Å². The van der Waals surface area contributed by atoms with Crippen LogP contribution in [0.15, 0.2) is 29.3 Å². The van der Waals surface area contributed by atoms with E-state index in [2.05, 4.69) is 35.9 Å². The third kappa shape index (κ3) is 6.03. The quantitative estimate of drug-likeness (QED) is 0.415. The number of phenols is 1. The zero-order valence-electron chi connectivity index (χ0n) is 15.0. The van der Waals surface area contributed by atoms with Gasteiger partial charge in [0.2, 0.25) is 0 Å². The summed E-state index contributed by atoms with van der Waals surface area (Å²) in [5.41, 5.74) is 0.925. The SMILES string of the molecule is CCNC(=NCCC(C)C)N1CCN(c2ccccc2O)CC1.I. The molecular weight excluding hydrogens is 415 g/mol. The molecule has 0 aliphatic carbocycles. The number of nitrogens with zero attached hydrogens (tertiary/aromatic N) is 3. The van der Waals surface area contributed by atoms with Crippen molar-refractivity contribution < 1.29 is 5.11 Å². The van der Waals surface area contributed by atoms with Crippen molar-refractivity contribution in [3.63, 3.8) is 0 Å². The molecule has 0 amide bonds. The van der Waals surface area contributed by atoms with Crippen molar-refractivity contribution in [3.05, 3.63) is 24.3 Å². The summed E-state index contributed by atoms with van der Waals surface area (Å²) in [5.74, 6) is 2.06. The molecule has 1 aliphatic rings. The van der Waals surface area contributed by atoms with Gasteiger partial charge in [0.15, 0.2) is 5.96 Å². The molecule has 5 nitrogen and oxygen atoms in total. The molecule has 0 unspecified atom stereocenters. The highest BCUT2D eigenvalue weighted by Crippen LogP contribution is 2.27. The largest absolute Gasteiger partial charge is 0.506 e. The van der Waals surface area contributed by atoms with Gasteiger partial charge in [0.25, 0.3) is 0 Å². The van der Waals surface area contributed by atoms with Gasteiger partial charge in [-0.15, -0.1) is 24.0 Å². The number of phenolic OH excluding ortho intramolecular Hbond substituents is 1. The first-order chi connectivity index (χ1) is 11.1. The molecular formula is C18H31IN4O. The molecule has 0 spiro atoms. The fourth-order valence-corrected chi connectivity index (χ4v) is 2.75. The van der Waals surface area contributed by atoms with Crippen LogP contribution in [0, 0.1) is 5.92 Å². The van der Waals surface area contributed by atoms with E-state index in [1.165, 1.54) is 0 Å². The molecule has 1 saturated heterocycles. The van der Waals surface area contributed by atoms with Crippen LogP contribution < -0.4 is 10.2 Å². The lowest BCUT2D eigenvalue weighted by Gasteiger charge is -2.37. The van der Waals surface area contributed by atoms with Crippen molar-refractivity contribution in [3.8, 4) is 5.75 Å². The average Bonchev–Trinajstić information content (AvgIpc) is 2.54. The van der Waals surface area contributed by atoms with Gasteiger partial charge in [0, 0.05) is 39.3 Å². The van der Waals surface area contributed by atoms with E-state index in [0.717, 1.165) is 57.3 Å². The molecule has 1 heterocycles. The second kappa shape index (κ2) is 10.6. The number of benzene rings is 1. The van der Waals surface area contributed by atoms with Crippen LogP contribution in [0.3, 0.4) is 0 Å². The summed E-state index contributed by atoms with van der Waals surface area (Å²) in [6.07, 6.45) is 1.12. The van der Waals surface area contributed by atoms with Crippen LogP contribution in [0.1, 0.15) is 27.2 Å². The number of rotatable bonds is 5. The number of nitrogens with one attached hydrogen (secondary N) is 1. The average molecular weight is 446 g/mol. The highest BCUT2D eigenvalue weighted by atomic mass is 127. The number of aromatic hydroxyl groups is 1. The molecule has 136 valence electrons. The maximum Gasteiger partial charge on any atom is 0.194 e. The summed E-state index contributed by atoms with van der Waals surface area (Å²) in [6, 6.07) is 7.56. The highest BCUT2D eigenvalue weighted by Gasteiger charge is 2.21. The zero-order chi connectivity index (χ0) is 16.7. The standard InChI is InChI=1S/C18H30N4O.HI/c1-4-19-18(20-10-9-15(2)3)22-13-11-21(12-14-22)16-7-5-6-8-17(16)23;/h5-8,15,23H,4,9-14H2,1-3H3,(H,19,20);1H. The lowest BCUT2D eigenvalue weighted by Crippen LogP contribution is -2.52. The number of para-hydroxylation sites is 2. The summed E-state index contributed by atoms with van der Waals surface area (Å²) in [6.45, 7) is 12.0. The van der Waals surface area contributed by atoms with Gasteiger partial charge in [-0.1, -0.05) is 26.0 Å². The van der Waals surface area contributed by atoms with Crippen molar-refractivity contribution in [2.75, 3.05) is 44.2 Å². The minimum absolute atomic E-state index is 0. The molecule has 2 N–H and O–H groups in total. The number of aliphatic imine (C=N–C) groups is 1. The Hall–Kier alpha value is -1.18. The van der Waals surface area contributed by atoms with Gasteiger partial charge in [0.05, 0.1) is 5.69 Å². The van der Waals surface area contributed by atoms with Crippen LogP contribution in [-0.4, -0.2) is 55.2 Å². The lowest BCUT2D eigenvalue weighted by molar-refractivity contribution is 0.369. The Kier molecular flexibility index (Phi) is 9.25. The normalized spacial score (nSPS) is 15.4. The number of hydrogen-bond acceptors (Lipinski definition) is 3. The highest BCUT2D eigenvalue weighted by molar-refractivity contribution is 14.0. The van der Waals surface area contributed by atoms with E-state index in [0.29, 0.717) is 11.7 Å². The first kappa shape index (κ1) is 20.9. The monoisotopic (exact) mass is 446 g/mol. The lowest BCUT2D eigenvalue weighted by atomic mass is 10.1. The van der Waals surface area contributed by atoms with Crippen molar-refractivity contribution in [1.29, 1.82) is 0 Å². The summed E-state index contributed by atoms with van der Waals surface area (Å²) >= 11 is 0. The second-order valence-electron chi connectivity index (χ2n) is 6.38. The van der Waals surface area contributed by atoms with Crippen LogP contribution in [-0.2, 0) is 0 Å². The second-order valence-corrected chi connectivity index (χ2v) is 6.38. The molecule has 1 aromatic rings. The van der Waals surface area contributed by atoms with Gasteiger partial charge in [-0.05, 0) is 31.4 Å². The molecule has 6 heteroatoms. The number of piperazine rings is 1. The van der Waals surface area contributed by atoms with Crippen LogP contribution >= 0.6 is 24.0 Å². The predicted molar refractivity (Wildman–Crippen MR) is 113 cm³/mol. The minimum Gasteiger partial charge on any atom is -0.506 e. The van der Waals surface area contributed by atoms with Crippen molar-refractivity contribution in [2.24, 2.45) is 10.9 Å². The summed E-state index contributed by atoms with van der Waals surface area (Å²) < 4.78 is 0. The van der Waals surface area contributed by atoms with E-state index in [1.807, 2.05) is 18.2 Å². The molecule has 0 saturated carbocycles. The Bertz CT molecular complexity index is 513. The van der Waals surface area contributed by atoms with Gasteiger partial charge in [-0.25, -0.2) is 0 Å². The Morgan fingerprint density at radius 2 is 1.88 bits per heavy atom. The van der Waals surface area contributed by atoms with Crippen molar-refractivity contribution in [2.45, 2.75) is 27.2 Å². The van der Waals surface area contributed by atoms with Gasteiger partial charge in [0.1, 0.15) is 5.75 Å². The van der Waals surface area contributed by atoms with Crippen LogP contribution in [0.5, 0.6) is 5.75 Å². The number of halogens is 1. The summed E-state index contributed by atoms with van der Waals surface area (Å²) in [5, 5.41) is 13.4. The number of guanidine groups is 1. The van der Waals surface area contributed by atoms with E-state index >= 15 is 0 Å². The Morgan fingerprint density at radius 1 is 1.21 bits per heavy atom. The van der Waals surface area contributed by atoms with E-state index < -0.39 is 0 Å². The molecule has 1 fully saturated rings. The Balaban J connectivity index is 0.00000288. The fourth-order valence-electron chi connectivity index (χ4n) is 2.75. The molecule has 24 heavy (non-hydrogen) atoms. The van der Waals surface area contributed by atoms with Gasteiger partial charge < -0.3 is 20.2 Å². The maximum atomic E-state index is 10.00. The zero-order valence-corrected chi connectivity index (χ0v) is 17.4. The van der Waals surface area contributed by atoms with E-state index in [9.17, 15) is 5.11 Å². The van der Waals surface area contributed by atoms with E-state index in [-0.39, 0.29) is 24.0 Å². The van der Waals surface area contributed by atoms with Gasteiger partial charge in [-0.2, -0.15) is 0 Å². The van der Waals surface area contributed by atoms with Crippen LogP contribution in [0.2, 0.25) is 0 Å². The molecule has 2 rings (SSSR count). The van der Waals surface area contributed by atoms with Gasteiger partial charge >= 0.3 is 0 Å². The third-order valence-electron chi connectivity index (χ3n) is 4.10. The first-order valence-corrected chi connectivity index (χ1v) is 8.68. The Morgan fingerprint density at radius 3 is 2.46 bits per heavy atom. The van der Waals surface area contributed by atoms with Crippen LogP contribution in [0.4, 0.5) is 5.69 Å². The minimum atomic E-state index is 0. The molecule has 0 radical (unpaired) electrons. The van der Waals surface area contributed by atoms with E-state index in [1.54, 1.807) is 6.07 Å². The maximum absolute atomic E-state index is 10.00. The van der Waals surface area contributed by atoms with E-state index in [4.69, 9.17) is 4.99 Å². The number of hydrogen-bond donors (Lipinski definition) is 2. The number of anilines is 1. The fraction of sp³-hybridized carbons (Fsp3) is 0.611. The first-order valence-electron chi connectivity index (χ1n) is 8.68. The molecule has 1 aliphatic heterocycles. The Labute approximate surface area is 163 Å². The molecule has 0 atom stereocenters. The summed E-state index contributed by atoms with van der Waals surface area (Å²) in [4.78, 5) is 9.32. The molecule has 0 bridgehead atoms. The van der Waals surface area contributed by atoms with Gasteiger partial charge in [-0.3, -0.25) is 4.99 Å². The predicted octanol–water partition coefficient (Wildman–Crippen LogP) is 3.14.